The van der Waals surface area contributed by atoms with Gasteiger partial charge in [0.05, 0.1) is 23.3 Å². The van der Waals surface area contributed by atoms with Crippen LogP contribution in [-0.2, 0) is 11.3 Å². The Kier molecular flexibility index (Phi) is 4.31. The van der Waals surface area contributed by atoms with Crippen molar-refractivity contribution in [2.24, 2.45) is 0 Å². The van der Waals surface area contributed by atoms with Gasteiger partial charge in [0.1, 0.15) is 0 Å². The van der Waals surface area contributed by atoms with E-state index < -0.39 is 0 Å². The first-order valence-electron chi connectivity index (χ1n) is 9.76. The van der Waals surface area contributed by atoms with E-state index in [0.717, 1.165) is 24.3 Å². The van der Waals surface area contributed by atoms with Gasteiger partial charge in [0, 0.05) is 25.7 Å². The van der Waals surface area contributed by atoms with Crippen LogP contribution in [-0.4, -0.2) is 41.5 Å². The van der Waals surface area contributed by atoms with E-state index in [1.54, 1.807) is 6.07 Å². The Bertz CT molecular complexity index is 1260. The van der Waals surface area contributed by atoms with Crippen molar-refractivity contribution in [3.05, 3.63) is 71.2 Å². The highest BCUT2D eigenvalue weighted by Crippen LogP contribution is 2.31. The monoisotopic (exact) mass is 388 g/mol. The van der Waals surface area contributed by atoms with E-state index in [1.807, 2.05) is 51.9 Å². The molecule has 0 radical (unpaired) electrons. The topological polar surface area (TPSA) is 85.4 Å². The van der Waals surface area contributed by atoms with Crippen molar-refractivity contribution in [2.45, 2.75) is 31.8 Å². The maximum Gasteiger partial charge on any atom is 0.261 e. The van der Waals surface area contributed by atoms with Gasteiger partial charge in [-0.2, -0.15) is 0 Å². The van der Waals surface area contributed by atoms with E-state index >= 15 is 0 Å². The van der Waals surface area contributed by atoms with Crippen LogP contribution in [0.15, 0.2) is 59.8 Å². The van der Waals surface area contributed by atoms with E-state index in [9.17, 15) is 9.59 Å². The third-order valence-corrected chi connectivity index (χ3v) is 5.51. The molecule has 1 atom stereocenters. The molecule has 5 rings (SSSR count). The molecule has 1 fully saturated rings. The number of fused-ring (bicyclic) bond motifs is 2. The van der Waals surface area contributed by atoms with Crippen LogP contribution < -0.4 is 5.56 Å². The molecule has 4 heterocycles. The fourth-order valence-corrected chi connectivity index (χ4v) is 4.05. The second kappa shape index (κ2) is 7.12. The van der Waals surface area contributed by atoms with Gasteiger partial charge in [-0.1, -0.05) is 18.2 Å². The smallest absolute Gasteiger partial charge is 0.261 e. The lowest BCUT2D eigenvalue weighted by molar-refractivity contribution is -0.132. The number of likely N-dealkylation sites (tertiary alicyclic amines) is 1. The number of pyridine rings is 1. The Labute approximate surface area is 166 Å². The van der Waals surface area contributed by atoms with Crippen molar-refractivity contribution in [1.82, 2.24) is 29.0 Å². The summed E-state index contributed by atoms with van der Waals surface area (Å²) in [5.74, 6) is 0.802. The average molecular weight is 388 g/mol. The molecule has 4 aromatic rings. The summed E-state index contributed by atoms with van der Waals surface area (Å²) >= 11 is 0. The highest BCUT2D eigenvalue weighted by molar-refractivity contribution is 5.78. The third-order valence-electron chi connectivity index (χ3n) is 5.51. The number of rotatable bonds is 4. The van der Waals surface area contributed by atoms with Gasteiger partial charge in [0.2, 0.25) is 5.91 Å². The van der Waals surface area contributed by atoms with Crippen LogP contribution in [0.2, 0.25) is 0 Å². The van der Waals surface area contributed by atoms with Gasteiger partial charge in [0.15, 0.2) is 11.5 Å². The van der Waals surface area contributed by atoms with Gasteiger partial charge in [-0.3, -0.25) is 18.6 Å². The van der Waals surface area contributed by atoms with Crippen molar-refractivity contribution in [2.75, 3.05) is 6.54 Å². The molecule has 8 nitrogen and oxygen atoms in total. The molecule has 1 aromatic carbocycles. The zero-order valence-corrected chi connectivity index (χ0v) is 15.8. The summed E-state index contributed by atoms with van der Waals surface area (Å²) in [6.45, 7) is 0.995. The second-order valence-electron chi connectivity index (χ2n) is 7.24. The van der Waals surface area contributed by atoms with Crippen LogP contribution in [0.4, 0.5) is 0 Å². The Morgan fingerprint density at radius 2 is 1.97 bits per heavy atom. The third kappa shape index (κ3) is 3.06. The number of aryl methyl sites for hydroxylation is 1. The Balaban J connectivity index is 1.35. The van der Waals surface area contributed by atoms with Gasteiger partial charge in [0.25, 0.3) is 5.56 Å². The predicted molar refractivity (Wildman–Crippen MR) is 107 cm³/mol. The largest absolute Gasteiger partial charge is 0.332 e. The number of nitrogens with zero attached hydrogens (tertiary/aromatic N) is 6. The summed E-state index contributed by atoms with van der Waals surface area (Å²) in [5.41, 5.74) is 1.32. The molecule has 1 aliphatic rings. The molecule has 1 unspecified atom stereocenters. The minimum atomic E-state index is -0.121. The molecule has 0 N–H and O–H groups in total. The molecule has 146 valence electrons. The summed E-state index contributed by atoms with van der Waals surface area (Å²) in [6.07, 6.45) is 5.47. The number of amides is 1. The molecule has 1 aliphatic heterocycles. The maximum absolute atomic E-state index is 13.0. The Morgan fingerprint density at radius 3 is 2.90 bits per heavy atom. The molecule has 8 heteroatoms. The van der Waals surface area contributed by atoms with E-state index in [2.05, 4.69) is 15.2 Å². The first-order valence-corrected chi connectivity index (χ1v) is 9.76. The lowest BCUT2D eigenvalue weighted by Gasteiger charge is -2.23. The fourth-order valence-electron chi connectivity index (χ4n) is 4.05. The van der Waals surface area contributed by atoms with Crippen molar-refractivity contribution in [1.29, 1.82) is 0 Å². The molecular formula is C21H20N6O2. The van der Waals surface area contributed by atoms with Crippen molar-refractivity contribution >= 4 is 22.5 Å². The first kappa shape index (κ1) is 17.5. The minimum absolute atomic E-state index is 0.0141. The van der Waals surface area contributed by atoms with Crippen molar-refractivity contribution in [3.8, 4) is 0 Å². The summed E-state index contributed by atoms with van der Waals surface area (Å²) in [4.78, 5) is 31.8. The van der Waals surface area contributed by atoms with Crippen LogP contribution >= 0.6 is 0 Å². The van der Waals surface area contributed by atoms with Crippen molar-refractivity contribution < 1.29 is 4.79 Å². The zero-order valence-electron chi connectivity index (χ0n) is 15.8. The highest BCUT2D eigenvalue weighted by atomic mass is 16.2. The van der Waals surface area contributed by atoms with Gasteiger partial charge in [-0.05, 0) is 37.1 Å². The Morgan fingerprint density at radius 1 is 1.10 bits per heavy atom. The number of hydrogen-bond acceptors (Lipinski definition) is 5. The number of aromatic nitrogens is 5. The summed E-state index contributed by atoms with van der Waals surface area (Å²) in [7, 11) is 0. The van der Waals surface area contributed by atoms with Gasteiger partial charge >= 0.3 is 0 Å². The van der Waals surface area contributed by atoms with Crippen LogP contribution in [0.1, 0.15) is 31.1 Å². The predicted octanol–water partition coefficient (Wildman–Crippen LogP) is 2.19. The molecule has 29 heavy (non-hydrogen) atoms. The number of para-hydroxylation sites is 1. The molecule has 0 bridgehead atoms. The molecule has 0 aliphatic carbocycles. The maximum atomic E-state index is 13.0. The molecule has 0 saturated carbocycles. The highest BCUT2D eigenvalue weighted by Gasteiger charge is 2.32. The summed E-state index contributed by atoms with van der Waals surface area (Å²) in [6, 6.07) is 12.9. The lowest BCUT2D eigenvalue weighted by atomic mass is 10.2. The van der Waals surface area contributed by atoms with Crippen molar-refractivity contribution in [3.63, 3.8) is 0 Å². The lowest BCUT2D eigenvalue weighted by Crippen LogP contribution is -2.33. The van der Waals surface area contributed by atoms with Gasteiger partial charge < -0.3 is 4.90 Å². The van der Waals surface area contributed by atoms with E-state index in [4.69, 9.17) is 0 Å². The van der Waals surface area contributed by atoms with Crippen LogP contribution in [0.3, 0.4) is 0 Å². The zero-order chi connectivity index (χ0) is 19.8. The molecule has 1 amide bonds. The van der Waals surface area contributed by atoms with Crippen LogP contribution in [0, 0.1) is 0 Å². The first-order chi connectivity index (χ1) is 14.2. The molecule has 3 aromatic heterocycles. The fraction of sp³-hybridized carbons (Fsp3) is 0.286. The number of carbonyl (C=O) groups excluding carboxylic acids is 1. The normalized spacial score (nSPS) is 16.7. The minimum Gasteiger partial charge on any atom is -0.332 e. The van der Waals surface area contributed by atoms with Gasteiger partial charge in [-0.25, -0.2) is 4.98 Å². The number of benzene rings is 1. The molecular weight excluding hydrogens is 368 g/mol. The van der Waals surface area contributed by atoms with E-state index in [0.29, 0.717) is 24.0 Å². The van der Waals surface area contributed by atoms with Crippen LogP contribution in [0.25, 0.3) is 16.6 Å². The van der Waals surface area contributed by atoms with E-state index in [1.165, 1.54) is 10.9 Å². The Hall–Kier alpha value is -3.55. The standard InChI is InChI=1S/C21H20N6O2/c28-19(10-13-25-14-22-16-7-2-1-6-15(16)21(25)29)26-12-5-8-17(26)20-24-23-18-9-3-4-11-27(18)20/h1-4,6-7,9,11,14,17H,5,8,10,12-13H2. The SMILES string of the molecule is O=C(CCn1cnc2ccccc2c1=O)N1CCCC1c1nnc2ccccn12. The summed E-state index contributed by atoms with van der Waals surface area (Å²) in [5, 5.41) is 9.11. The van der Waals surface area contributed by atoms with Gasteiger partial charge in [-0.15, -0.1) is 10.2 Å². The molecule has 0 spiro atoms. The second-order valence-corrected chi connectivity index (χ2v) is 7.24. The quantitative estimate of drug-likeness (QED) is 0.535. The van der Waals surface area contributed by atoms with Crippen LogP contribution in [0.5, 0.6) is 0 Å². The average Bonchev–Trinajstić information content (AvgIpc) is 3.40. The molecule has 1 saturated heterocycles. The number of carbonyl (C=O) groups is 1. The van der Waals surface area contributed by atoms with E-state index in [-0.39, 0.29) is 23.9 Å². The number of hydrogen-bond donors (Lipinski definition) is 0. The summed E-state index contributed by atoms with van der Waals surface area (Å²) < 4.78 is 3.45.